The van der Waals surface area contributed by atoms with E-state index < -0.39 is 0 Å². The minimum absolute atomic E-state index is 0.294. The molecule has 2 aliphatic carbocycles. The van der Waals surface area contributed by atoms with Gasteiger partial charge in [0.1, 0.15) is 0 Å². The lowest BCUT2D eigenvalue weighted by Gasteiger charge is -2.36. The van der Waals surface area contributed by atoms with Gasteiger partial charge in [0.25, 0.3) is 0 Å². The summed E-state index contributed by atoms with van der Waals surface area (Å²) in [7, 11) is 0. The maximum absolute atomic E-state index is 3.70. The lowest BCUT2D eigenvalue weighted by Crippen LogP contribution is -2.49. The lowest BCUT2D eigenvalue weighted by molar-refractivity contribution is 0.132. The molecule has 1 N–H and O–H groups in total. The minimum Gasteiger partial charge on any atom is -0.310 e. The first-order valence-corrected chi connectivity index (χ1v) is 8.02. The Bertz CT molecular complexity index is 299. The van der Waals surface area contributed by atoms with Crippen LogP contribution in [0.4, 0.5) is 0 Å². The maximum atomic E-state index is 3.70. The summed E-state index contributed by atoms with van der Waals surface area (Å²) in [5.41, 5.74) is 0.294. The van der Waals surface area contributed by atoms with Gasteiger partial charge in [-0.05, 0) is 70.8 Å². The third-order valence-corrected chi connectivity index (χ3v) is 5.74. The molecule has 0 aromatic rings. The van der Waals surface area contributed by atoms with E-state index >= 15 is 0 Å². The molecule has 2 saturated carbocycles. The third-order valence-electron chi connectivity index (χ3n) is 5.74. The van der Waals surface area contributed by atoms with Gasteiger partial charge in [0.2, 0.25) is 0 Å². The van der Waals surface area contributed by atoms with Crippen molar-refractivity contribution in [3.63, 3.8) is 0 Å². The largest absolute Gasteiger partial charge is 0.310 e. The van der Waals surface area contributed by atoms with Gasteiger partial charge >= 0.3 is 0 Å². The lowest BCUT2D eigenvalue weighted by atomic mass is 9.88. The Morgan fingerprint density at radius 1 is 1.17 bits per heavy atom. The second-order valence-electron chi connectivity index (χ2n) is 7.81. The molecule has 0 spiro atoms. The first kappa shape index (κ1) is 12.9. The fourth-order valence-electron chi connectivity index (χ4n) is 4.67. The topological polar surface area (TPSA) is 15.3 Å². The summed E-state index contributed by atoms with van der Waals surface area (Å²) in [4.78, 5) is 2.78. The van der Waals surface area contributed by atoms with Crippen molar-refractivity contribution in [1.29, 1.82) is 0 Å². The van der Waals surface area contributed by atoms with Gasteiger partial charge in [0.15, 0.2) is 0 Å². The summed E-state index contributed by atoms with van der Waals surface area (Å²) >= 11 is 0. The van der Waals surface area contributed by atoms with E-state index in [1.807, 2.05) is 0 Å². The molecule has 1 heterocycles. The Kier molecular flexibility index (Phi) is 3.44. The Labute approximate surface area is 113 Å². The fraction of sp³-hybridized carbons (Fsp3) is 1.00. The van der Waals surface area contributed by atoms with Gasteiger partial charge in [0, 0.05) is 24.7 Å². The average molecular weight is 250 g/mol. The summed E-state index contributed by atoms with van der Waals surface area (Å²) in [5.74, 6) is 3.18. The highest BCUT2D eigenvalue weighted by Crippen LogP contribution is 2.48. The smallest absolute Gasteiger partial charge is 0.0252 e. The van der Waals surface area contributed by atoms with Gasteiger partial charge in [-0.15, -0.1) is 0 Å². The molecule has 2 nitrogen and oxygen atoms in total. The van der Waals surface area contributed by atoms with Crippen LogP contribution in [0.25, 0.3) is 0 Å². The molecular weight excluding hydrogens is 220 g/mol. The van der Waals surface area contributed by atoms with Gasteiger partial charge < -0.3 is 5.32 Å². The van der Waals surface area contributed by atoms with Crippen LogP contribution >= 0.6 is 0 Å². The third kappa shape index (κ3) is 2.60. The van der Waals surface area contributed by atoms with E-state index in [1.54, 1.807) is 6.42 Å². The number of hydrogen-bond donors (Lipinski definition) is 1. The second-order valence-corrected chi connectivity index (χ2v) is 7.81. The predicted molar refractivity (Wildman–Crippen MR) is 76.7 cm³/mol. The number of hydrogen-bond acceptors (Lipinski definition) is 2. The standard InChI is InChI=1S/C16H30N2/c1-12-6-7-17-16(2,3)11-18(12)10-15-9-13-4-5-14(15)8-13/h12-15,17H,4-11H2,1-3H3. The molecule has 4 unspecified atom stereocenters. The average Bonchev–Trinajstić information content (AvgIpc) is 2.86. The SMILES string of the molecule is CC1CCNC(C)(C)CN1CC1CC2CCC1C2. The summed E-state index contributed by atoms with van der Waals surface area (Å²) in [5, 5.41) is 3.70. The molecule has 3 aliphatic rings. The predicted octanol–water partition coefficient (Wildman–Crippen LogP) is 2.89. The zero-order valence-electron chi connectivity index (χ0n) is 12.4. The van der Waals surface area contributed by atoms with E-state index in [4.69, 9.17) is 0 Å². The van der Waals surface area contributed by atoms with Gasteiger partial charge in [-0.3, -0.25) is 4.90 Å². The monoisotopic (exact) mass is 250 g/mol. The molecule has 0 radical (unpaired) electrons. The minimum atomic E-state index is 0.294. The van der Waals surface area contributed by atoms with Crippen molar-refractivity contribution in [2.75, 3.05) is 19.6 Å². The summed E-state index contributed by atoms with van der Waals surface area (Å²) < 4.78 is 0. The molecule has 0 aromatic heterocycles. The molecule has 2 heteroatoms. The normalized spacial score (nSPS) is 44.2. The van der Waals surface area contributed by atoms with Crippen molar-refractivity contribution in [2.24, 2.45) is 17.8 Å². The van der Waals surface area contributed by atoms with Crippen LogP contribution < -0.4 is 5.32 Å². The summed E-state index contributed by atoms with van der Waals surface area (Å²) in [6, 6.07) is 0.762. The molecule has 2 bridgehead atoms. The van der Waals surface area contributed by atoms with Gasteiger partial charge in [-0.1, -0.05) is 6.42 Å². The number of nitrogens with zero attached hydrogens (tertiary/aromatic N) is 1. The zero-order chi connectivity index (χ0) is 12.8. The first-order valence-electron chi connectivity index (χ1n) is 8.02. The van der Waals surface area contributed by atoms with Crippen LogP contribution in [0.15, 0.2) is 0 Å². The van der Waals surface area contributed by atoms with Crippen LogP contribution in [0.3, 0.4) is 0 Å². The molecule has 18 heavy (non-hydrogen) atoms. The highest BCUT2D eigenvalue weighted by molar-refractivity contribution is 4.94. The van der Waals surface area contributed by atoms with Gasteiger partial charge in [0.05, 0.1) is 0 Å². The molecule has 3 rings (SSSR count). The van der Waals surface area contributed by atoms with Crippen molar-refractivity contribution in [3.05, 3.63) is 0 Å². The summed E-state index contributed by atoms with van der Waals surface area (Å²) in [6.45, 7) is 10.9. The Balaban J connectivity index is 1.63. The van der Waals surface area contributed by atoms with Crippen LogP contribution in [-0.2, 0) is 0 Å². The summed E-state index contributed by atoms with van der Waals surface area (Å²) in [6.07, 6.45) is 7.45. The molecule has 4 atom stereocenters. The van der Waals surface area contributed by atoms with Crippen molar-refractivity contribution in [3.8, 4) is 0 Å². The van der Waals surface area contributed by atoms with Gasteiger partial charge in [-0.25, -0.2) is 0 Å². The number of nitrogens with one attached hydrogen (secondary N) is 1. The van der Waals surface area contributed by atoms with Crippen LogP contribution in [0.1, 0.15) is 52.9 Å². The number of rotatable bonds is 2. The molecule has 0 aromatic carbocycles. The van der Waals surface area contributed by atoms with E-state index in [-0.39, 0.29) is 0 Å². The highest BCUT2D eigenvalue weighted by atomic mass is 15.2. The Morgan fingerprint density at radius 2 is 2.00 bits per heavy atom. The second kappa shape index (κ2) is 4.79. The molecule has 3 fully saturated rings. The molecule has 104 valence electrons. The highest BCUT2D eigenvalue weighted by Gasteiger charge is 2.41. The number of fused-ring (bicyclic) bond motifs is 2. The van der Waals surface area contributed by atoms with Crippen molar-refractivity contribution in [2.45, 2.75) is 64.5 Å². The molecule has 1 saturated heterocycles. The van der Waals surface area contributed by atoms with E-state index in [9.17, 15) is 0 Å². The van der Waals surface area contributed by atoms with Crippen LogP contribution in [0.2, 0.25) is 0 Å². The van der Waals surface area contributed by atoms with Crippen molar-refractivity contribution in [1.82, 2.24) is 10.2 Å². The Morgan fingerprint density at radius 3 is 2.67 bits per heavy atom. The van der Waals surface area contributed by atoms with E-state index in [0.29, 0.717) is 5.54 Å². The van der Waals surface area contributed by atoms with Gasteiger partial charge in [-0.2, -0.15) is 0 Å². The maximum Gasteiger partial charge on any atom is 0.0252 e. The molecule has 0 amide bonds. The first-order chi connectivity index (χ1) is 8.53. The van der Waals surface area contributed by atoms with Crippen molar-refractivity contribution < 1.29 is 0 Å². The molecular formula is C16H30N2. The Hall–Kier alpha value is -0.0800. The van der Waals surface area contributed by atoms with Crippen LogP contribution in [0, 0.1) is 17.8 Å². The van der Waals surface area contributed by atoms with E-state index in [1.165, 1.54) is 45.3 Å². The van der Waals surface area contributed by atoms with E-state index in [0.717, 1.165) is 23.8 Å². The zero-order valence-corrected chi connectivity index (χ0v) is 12.4. The van der Waals surface area contributed by atoms with Crippen LogP contribution in [-0.4, -0.2) is 36.1 Å². The fourth-order valence-corrected chi connectivity index (χ4v) is 4.67. The van der Waals surface area contributed by atoms with E-state index in [2.05, 4.69) is 31.0 Å². The van der Waals surface area contributed by atoms with Crippen LogP contribution in [0.5, 0.6) is 0 Å². The quantitative estimate of drug-likeness (QED) is 0.811. The molecule has 1 aliphatic heterocycles. The van der Waals surface area contributed by atoms with Crippen molar-refractivity contribution >= 4 is 0 Å².